The zero-order chi connectivity index (χ0) is 15.2. The van der Waals surface area contributed by atoms with Gasteiger partial charge in [0.2, 0.25) is 0 Å². The normalized spacial score (nSPS) is 10.7. The third-order valence-corrected chi connectivity index (χ3v) is 3.47. The van der Waals surface area contributed by atoms with Crippen molar-refractivity contribution in [3.05, 3.63) is 51.9 Å². The van der Waals surface area contributed by atoms with Crippen LogP contribution in [0.1, 0.15) is 22.6 Å². The predicted octanol–water partition coefficient (Wildman–Crippen LogP) is 3.68. The Morgan fingerprint density at radius 3 is 2.52 bits per heavy atom. The van der Waals surface area contributed by atoms with Crippen molar-refractivity contribution in [2.24, 2.45) is 0 Å². The molecule has 1 heterocycles. The average molecular weight is 306 g/mol. The maximum Gasteiger partial charge on any atom is 0.132 e. The first-order chi connectivity index (χ1) is 10.1. The van der Waals surface area contributed by atoms with Crippen molar-refractivity contribution in [3.8, 4) is 0 Å². The molecule has 0 atom stereocenters. The molecule has 5 heteroatoms. The van der Waals surface area contributed by atoms with Crippen molar-refractivity contribution < 1.29 is 4.74 Å². The number of nitrogens with one attached hydrogen (secondary N) is 1. The highest BCUT2D eigenvalue weighted by atomic mass is 35.5. The van der Waals surface area contributed by atoms with E-state index in [1.54, 1.807) is 0 Å². The molecular formula is C16H20ClN3O. The van der Waals surface area contributed by atoms with Gasteiger partial charge < -0.3 is 10.1 Å². The van der Waals surface area contributed by atoms with Crippen molar-refractivity contribution in [2.75, 3.05) is 18.5 Å². The van der Waals surface area contributed by atoms with E-state index in [4.69, 9.17) is 16.3 Å². The second kappa shape index (κ2) is 7.38. The second-order valence-electron chi connectivity index (χ2n) is 4.94. The zero-order valence-corrected chi connectivity index (χ0v) is 13.4. The van der Waals surface area contributed by atoms with E-state index in [0.717, 1.165) is 33.5 Å². The van der Waals surface area contributed by atoms with Crippen LogP contribution < -0.4 is 5.32 Å². The van der Waals surface area contributed by atoms with Crippen molar-refractivity contribution in [1.82, 2.24) is 9.97 Å². The topological polar surface area (TPSA) is 47.0 Å². The number of ether oxygens (including phenoxy) is 1. The fraction of sp³-hybridized carbons (Fsp3) is 0.375. The molecule has 0 bridgehead atoms. The molecular weight excluding hydrogens is 286 g/mol. The fourth-order valence-electron chi connectivity index (χ4n) is 1.95. The number of hydrogen-bond acceptors (Lipinski definition) is 4. The maximum absolute atomic E-state index is 5.84. The fourth-order valence-corrected chi connectivity index (χ4v) is 2.08. The van der Waals surface area contributed by atoms with Gasteiger partial charge in [-0.3, -0.25) is 0 Å². The minimum absolute atomic E-state index is 0.583. The number of hydrogen-bond donors (Lipinski definition) is 1. The van der Waals surface area contributed by atoms with E-state index in [0.29, 0.717) is 19.8 Å². The minimum atomic E-state index is 0.583. The van der Waals surface area contributed by atoms with Crippen LogP contribution in [0.15, 0.2) is 24.3 Å². The highest BCUT2D eigenvalue weighted by molar-refractivity contribution is 6.30. The molecule has 0 aliphatic heterocycles. The number of nitrogens with zero attached hydrogens (tertiary/aromatic N) is 2. The summed E-state index contributed by atoms with van der Waals surface area (Å²) in [4.78, 5) is 8.74. The highest BCUT2D eigenvalue weighted by Crippen LogP contribution is 2.14. The standard InChI is InChI=1S/C16H20ClN3O/c1-11-12(2)19-13(3)20-16(11)18-8-9-21-10-14-4-6-15(17)7-5-14/h4-7H,8-10H2,1-3H3,(H,18,19,20). The average Bonchev–Trinajstić information content (AvgIpc) is 2.45. The Hall–Kier alpha value is -1.65. The van der Waals surface area contributed by atoms with Crippen LogP contribution in [-0.2, 0) is 11.3 Å². The summed E-state index contributed by atoms with van der Waals surface area (Å²) in [7, 11) is 0. The van der Waals surface area contributed by atoms with Crippen molar-refractivity contribution >= 4 is 17.4 Å². The first kappa shape index (κ1) is 15.7. The van der Waals surface area contributed by atoms with Gasteiger partial charge in [-0.15, -0.1) is 0 Å². The first-order valence-corrected chi connectivity index (χ1v) is 7.32. The van der Waals surface area contributed by atoms with Gasteiger partial charge in [0.15, 0.2) is 0 Å². The van der Waals surface area contributed by atoms with Gasteiger partial charge in [-0.05, 0) is 38.5 Å². The van der Waals surface area contributed by atoms with E-state index < -0.39 is 0 Å². The molecule has 0 spiro atoms. The quantitative estimate of drug-likeness (QED) is 0.827. The third-order valence-electron chi connectivity index (χ3n) is 3.22. The molecule has 0 fully saturated rings. The summed E-state index contributed by atoms with van der Waals surface area (Å²) in [6, 6.07) is 7.68. The Kier molecular flexibility index (Phi) is 5.53. The van der Waals surface area contributed by atoms with E-state index in [-0.39, 0.29) is 0 Å². The molecule has 0 aliphatic carbocycles. The largest absolute Gasteiger partial charge is 0.375 e. The molecule has 0 unspecified atom stereocenters. The van der Waals surface area contributed by atoms with Crippen molar-refractivity contribution in [2.45, 2.75) is 27.4 Å². The minimum Gasteiger partial charge on any atom is -0.375 e. The molecule has 1 aromatic carbocycles. The number of aromatic nitrogens is 2. The summed E-state index contributed by atoms with van der Waals surface area (Å²) in [5.41, 5.74) is 3.20. The van der Waals surface area contributed by atoms with Gasteiger partial charge in [-0.2, -0.15) is 0 Å². The summed E-state index contributed by atoms with van der Waals surface area (Å²) in [5.74, 6) is 1.66. The lowest BCUT2D eigenvalue weighted by molar-refractivity contribution is 0.130. The molecule has 1 N–H and O–H groups in total. The van der Waals surface area contributed by atoms with Crippen LogP contribution in [0.4, 0.5) is 5.82 Å². The number of rotatable bonds is 6. The Morgan fingerprint density at radius 2 is 1.81 bits per heavy atom. The lowest BCUT2D eigenvalue weighted by Gasteiger charge is -2.11. The van der Waals surface area contributed by atoms with E-state index in [1.165, 1.54) is 0 Å². The Balaban J connectivity index is 1.76. The van der Waals surface area contributed by atoms with E-state index in [2.05, 4.69) is 15.3 Å². The van der Waals surface area contributed by atoms with Crippen LogP contribution >= 0.6 is 11.6 Å². The summed E-state index contributed by atoms with van der Waals surface area (Å²) in [6.07, 6.45) is 0. The van der Waals surface area contributed by atoms with E-state index in [9.17, 15) is 0 Å². The third kappa shape index (κ3) is 4.69. The number of benzene rings is 1. The van der Waals surface area contributed by atoms with Gasteiger partial charge in [-0.1, -0.05) is 23.7 Å². The van der Waals surface area contributed by atoms with Crippen LogP contribution in [0.25, 0.3) is 0 Å². The van der Waals surface area contributed by atoms with Crippen molar-refractivity contribution in [3.63, 3.8) is 0 Å². The zero-order valence-electron chi connectivity index (χ0n) is 12.6. The molecule has 0 aliphatic rings. The van der Waals surface area contributed by atoms with E-state index in [1.807, 2.05) is 45.0 Å². The van der Waals surface area contributed by atoms with Gasteiger partial charge in [-0.25, -0.2) is 9.97 Å². The Bertz CT molecular complexity index is 599. The molecule has 112 valence electrons. The number of anilines is 1. The molecule has 0 saturated heterocycles. The molecule has 1 aromatic heterocycles. The first-order valence-electron chi connectivity index (χ1n) is 6.94. The molecule has 2 aromatic rings. The van der Waals surface area contributed by atoms with Crippen molar-refractivity contribution in [1.29, 1.82) is 0 Å². The Morgan fingerprint density at radius 1 is 1.10 bits per heavy atom. The van der Waals surface area contributed by atoms with Gasteiger partial charge in [0.05, 0.1) is 13.2 Å². The Labute approximate surface area is 130 Å². The molecule has 0 saturated carbocycles. The number of halogens is 1. The van der Waals surface area contributed by atoms with Crippen LogP contribution in [0.5, 0.6) is 0 Å². The summed E-state index contributed by atoms with van der Waals surface area (Å²) >= 11 is 5.84. The lowest BCUT2D eigenvalue weighted by Crippen LogP contribution is -2.13. The SMILES string of the molecule is Cc1nc(C)c(C)c(NCCOCc2ccc(Cl)cc2)n1. The summed E-state index contributed by atoms with van der Waals surface area (Å²) in [5, 5.41) is 4.03. The summed E-state index contributed by atoms with van der Waals surface area (Å²) < 4.78 is 5.63. The van der Waals surface area contributed by atoms with Crippen LogP contribution in [0.2, 0.25) is 5.02 Å². The lowest BCUT2D eigenvalue weighted by atomic mass is 10.2. The maximum atomic E-state index is 5.84. The van der Waals surface area contributed by atoms with Gasteiger partial charge in [0, 0.05) is 22.8 Å². The predicted molar refractivity (Wildman–Crippen MR) is 85.8 cm³/mol. The summed E-state index contributed by atoms with van der Waals surface area (Å²) in [6.45, 7) is 7.82. The van der Waals surface area contributed by atoms with Crippen LogP contribution in [-0.4, -0.2) is 23.1 Å². The highest BCUT2D eigenvalue weighted by Gasteiger charge is 2.04. The monoisotopic (exact) mass is 305 g/mol. The van der Waals surface area contributed by atoms with Gasteiger partial charge in [0.1, 0.15) is 11.6 Å². The number of aryl methyl sites for hydroxylation is 2. The van der Waals surface area contributed by atoms with Gasteiger partial charge in [0.25, 0.3) is 0 Å². The van der Waals surface area contributed by atoms with Crippen LogP contribution in [0, 0.1) is 20.8 Å². The van der Waals surface area contributed by atoms with Crippen LogP contribution in [0.3, 0.4) is 0 Å². The molecule has 0 amide bonds. The smallest absolute Gasteiger partial charge is 0.132 e. The molecule has 2 rings (SSSR count). The van der Waals surface area contributed by atoms with E-state index >= 15 is 0 Å². The second-order valence-corrected chi connectivity index (χ2v) is 5.37. The molecule has 21 heavy (non-hydrogen) atoms. The molecule has 4 nitrogen and oxygen atoms in total. The molecule has 0 radical (unpaired) electrons. The van der Waals surface area contributed by atoms with Gasteiger partial charge >= 0.3 is 0 Å².